The van der Waals surface area contributed by atoms with Crippen LogP contribution in [0.5, 0.6) is 0 Å². The largest absolute Gasteiger partial charge is 0.310 e. The minimum absolute atomic E-state index is 0.491. The lowest BCUT2D eigenvalue weighted by atomic mass is 9.67. The van der Waals surface area contributed by atoms with Gasteiger partial charge in [-0.1, -0.05) is 291 Å². The fourth-order valence-electron chi connectivity index (χ4n) is 15.0. The molecule has 1 nitrogen and oxygen atoms in total. The molecule has 3 aliphatic rings. The number of anilines is 3. The molecule has 0 fully saturated rings. The Balaban J connectivity index is 0.910. The summed E-state index contributed by atoms with van der Waals surface area (Å²) >= 11 is 0. The highest BCUT2D eigenvalue weighted by Crippen LogP contribution is 2.59. The van der Waals surface area contributed by atoms with E-state index < -0.39 is 18.9 Å². The summed E-state index contributed by atoms with van der Waals surface area (Å²) < 4.78 is 0. The molecular formula is C80H55NSi. The van der Waals surface area contributed by atoms with E-state index in [-0.39, 0.29) is 0 Å². The van der Waals surface area contributed by atoms with Gasteiger partial charge in [-0.2, -0.15) is 0 Å². The Hall–Kier alpha value is -10.1. The van der Waals surface area contributed by atoms with E-state index in [1.54, 1.807) is 0 Å². The van der Waals surface area contributed by atoms with Gasteiger partial charge < -0.3 is 4.90 Å². The first-order valence-corrected chi connectivity index (χ1v) is 30.7. The Morgan fingerprint density at radius 2 is 0.585 bits per heavy atom. The van der Waals surface area contributed by atoms with E-state index in [0.29, 0.717) is 0 Å². The molecule has 0 radical (unpaired) electrons. The van der Waals surface area contributed by atoms with Crippen LogP contribution in [0.1, 0.15) is 44.5 Å². The maximum atomic E-state index is 2.53. The lowest BCUT2D eigenvalue weighted by Crippen LogP contribution is -2.72. The van der Waals surface area contributed by atoms with Gasteiger partial charge in [0, 0.05) is 17.1 Å². The second-order valence-corrected chi connectivity index (χ2v) is 25.9. The van der Waals surface area contributed by atoms with Gasteiger partial charge >= 0.3 is 0 Å². The van der Waals surface area contributed by atoms with Gasteiger partial charge in [-0.25, -0.2) is 0 Å². The van der Waals surface area contributed by atoms with E-state index in [0.717, 1.165) is 22.6 Å². The molecule has 0 atom stereocenters. The molecule has 0 amide bonds. The van der Waals surface area contributed by atoms with Crippen molar-refractivity contribution in [3.63, 3.8) is 0 Å². The van der Waals surface area contributed by atoms with Gasteiger partial charge in [-0.15, -0.1) is 0 Å². The van der Waals surface area contributed by atoms with Crippen molar-refractivity contribution in [3.05, 3.63) is 378 Å². The van der Waals surface area contributed by atoms with Gasteiger partial charge in [0.2, 0.25) is 0 Å². The maximum Gasteiger partial charge on any atom is 0.180 e. The third-order valence-electron chi connectivity index (χ3n) is 18.3. The fraction of sp³-hybridized carbons (Fsp3) is 0.0250. The van der Waals surface area contributed by atoms with E-state index in [4.69, 9.17) is 0 Å². The summed E-state index contributed by atoms with van der Waals surface area (Å²) in [7, 11) is -2.85. The number of hydrogen-bond donors (Lipinski definition) is 0. The van der Waals surface area contributed by atoms with Gasteiger partial charge in [-0.05, 0) is 152 Å². The first-order chi connectivity index (χ1) is 40.7. The van der Waals surface area contributed by atoms with E-state index in [1.165, 1.54) is 104 Å². The number of nitrogens with zero attached hydrogens (tertiary/aromatic N) is 1. The standard InChI is InChI=1S/C80H55NSi/c1-6-25-58(26-7-1)79(59-27-8-2-9-28-59)73-41-20-16-37-67(73)69-51-47-57(53-75(69)79)56-45-48-62(49-46-56)81(63-33-24-36-66(54-63)82(65-34-14-5-15-35-65)77-43-22-18-39-71(77)72-40-19-23-44-78(72)82)64-50-52-70-68-38-17-21-42-74(68)80(76(70)55-64,60-29-10-3-11-30-60)61-31-12-4-13-32-61/h1-55H. The van der Waals surface area contributed by atoms with Crippen LogP contribution in [-0.2, 0) is 10.8 Å². The van der Waals surface area contributed by atoms with Crippen molar-refractivity contribution < 1.29 is 0 Å². The molecule has 2 aliphatic carbocycles. The topological polar surface area (TPSA) is 3.24 Å². The van der Waals surface area contributed by atoms with Crippen LogP contribution in [0.15, 0.2) is 334 Å². The molecule has 82 heavy (non-hydrogen) atoms. The molecule has 0 N–H and O–H groups in total. The molecule has 1 aliphatic heterocycles. The minimum atomic E-state index is -2.85. The zero-order valence-corrected chi connectivity index (χ0v) is 46.2. The molecule has 0 bridgehead atoms. The van der Waals surface area contributed by atoms with Gasteiger partial charge in [0.15, 0.2) is 8.07 Å². The lowest BCUT2D eigenvalue weighted by Gasteiger charge is -2.35. The molecule has 0 aromatic heterocycles. The van der Waals surface area contributed by atoms with Crippen LogP contribution >= 0.6 is 0 Å². The summed E-state index contributed by atoms with van der Waals surface area (Å²) in [5.74, 6) is 0. The molecule has 1 heterocycles. The first kappa shape index (κ1) is 47.8. The molecule has 13 aromatic carbocycles. The van der Waals surface area contributed by atoms with Crippen LogP contribution in [0, 0.1) is 0 Å². The van der Waals surface area contributed by atoms with Crippen molar-refractivity contribution in [2.45, 2.75) is 10.8 Å². The summed E-state index contributed by atoms with van der Waals surface area (Å²) in [4.78, 5) is 2.52. The van der Waals surface area contributed by atoms with Gasteiger partial charge in [0.25, 0.3) is 0 Å². The normalized spacial score (nSPS) is 14.1. The number of fused-ring (bicyclic) bond motifs is 9. The van der Waals surface area contributed by atoms with Crippen molar-refractivity contribution in [2.24, 2.45) is 0 Å². The van der Waals surface area contributed by atoms with Crippen LogP contribution < -0.4 is 25.6 Å². The first-order valence-electron chi connectivity index (χ1n) is 28.7. The second kappa shape index (κ2) is 19.0. The van der Waals surface area contributed by atoms with Crippen molar-refractivity contribution in [1.82, 2.24) is 0 Å². The van der Waals surface area contributed by atoms with Crippen LogP contribution in [0.4, 0.5) is 17.1 Å². The predicted octanol–water partition coefficient (Wildman–Crippen LogP) is 16.9. The van der Waals surface area contributed by atoms with Gasteiger partial charge in [-0.3, -0.25) is 0 Å². The molecule has 0 saturated heterocycles. The fourth-order valence-corrected chi connectivity index (χ4v) is 20.2. The summed E-state index contributed by atoms with van der Waals surface area (Å²) in [5.41, 5.74) is 22.6. The maximum absolute atomic E-state index is 2.85. The molecule has 16 rings (SSSR count). The monoisotopic (exact) mass is 1060 g/mol. The summed E-state index contributed by atoms with van der Waals surface area (Å²) in [6.07, 6.45) is 0. The smallest absolute Gasteiger partial charge is 0.180 e. The Labute approximate surface area is 481 Å². The SMILES string of the molecule is c1ccc(C2(c3ccccc3)c3ccccc3-c3ccc(-c4ccc(N(c5cccc([Si]6(c7ccccc7)c7ccccc7-c7ccccc76)c5)c5ccc6c(c5)C(c5ccccc5)(c5ccccc5)c5ccccc5-6)cc4)cc32)cc1. The number of benzene rings is 13. The van der Waals surface area contributed by atoms with Crippen molar-refractivity contribution >= 4 is 45.9 Å². The summed E-state index contributed by atoms with van der Waals surface area (Å²) in [6.45, 7) is 0. The second-order valence-electron chi connectivity index (χ2n) is 22.2. The molecule has 0 saturated carbocycles. The average Bonchev–Trinajstić information content (AvgIpc) is 2.72. The minimum Gasteiger partial charge on any atom is -0.310 e. The average molecular weight is 1060 g/mol. The van der Waals surface area contributed by atoms with Crippen LogP contribution in [0.3, 0.4) is 0 Å². The molecule has 384 valence electrons. The van der Waals surface area contributed by atoms with E-state index in [1.807, 2.05) is 0 Å². The van der Waals surface area contributed by atoms with Crippen molar-refractivity contribution in [3.8, 4) is 44.5 Å². The highest BCUT2D eigenvalue weighted by Gasteiger charge is 2.50. The Bertz CT molecular complexity index is 4430. The third kappa shape index (κ3) is 6.86. The Morgan fingerprint density at radius 3 is 1.10 bits per heavy atom. The molecular weight excluding hydrogens is 1000 g/mol. The lowest BCUT2D eigenvalue weighted by molar-refractivity contribution is 0.768. The van der Waals surface area contributed by atoms with Crippen molar-refractivity contribution in [2.75, 3.05) is 4.90 Å². The molecule has 13 aromatic rings. The molecule has 0 unspecified atom stereocenters. The van der Waals surface area contributed by atoms with E-state index in [9.17, 15) is 0 Å². The Morgan fingerprint density at radius 1 is 0.220 bits per heavy atom. The zero-order valence-electron chi connectivity index (χ0n) is 45.2. The quantitative estimate of drug-likeness (QED) is 0.123. The van der Waals surface area contributed by atoms with Crippen LogP contribution in [0.2, 0.25) is 0 Å². The van der Waals surface area contributed by atoms with Crippen molar-refractivity contribution in [1.29, 1.82) is 0 Å². The van der Waals surface area contributed by atoms with Gasteiger partial charge in [0.1, 0.15) is 0 Å². The third-order valence-corrected chi connectivity index (χ3v) is 23.2. The van der Waals surface area contributed by atoms with E-state index >= 15 is 0 Å². The summed E-state index contributed by atoms with van der Waals surface area (Å²) in [6, 6.07) is 126. The van der Waals surface area contributed by atoms with E-state index in [2.05, 4.69) is 339 Å². The highest BCUT2D eigenvalue weighted by atomic mass is 28.3. The summed E-state index contributed by atoms with van der Waals surface area (Å²) in [5, 5.41) is 5.60. The molecule has 0 spiro atoms. The zero-order chi connectivity index (χ0) is 54.2. The highest BCUT2D eigenvalue weighted by molar-refractivity contribution is 7.22. The van der Waals surface area contributed by atoms with Crippen LogP contribution in [-0.4, -0.2) is 8.07 Å². The van der Waals surface area contributed by atoms with Gasteiger partial charge in [0.05, 0.1) is 10.8 Å². The van der Waals surface area contributed by atoms with Crippen LogP contribution in [0.25, 0.3) is 44.5 Å². The Kier molecular flexibility index (Phi) is 11.1. The number of hydrogen-bond acceptors (Lipinski definition) is 1. The number of rotatable bonds is 10. The molecule has 2 heteroatoms. The predicted molar refractivity (Wildman–Crippen MR) is 344 cm³/mol.